The van der Waals surface area contributed by atoms with Crippen molar-refractivity contribution >= 4 is 17.5 Å². The third kappa shape index (κ3) is 3.45. The van der Waals surface area contributed by atoms with Crippen molar-refractivity contribution in [3.05, 3.63) is 23.8 Å². The maximum atomic E-state index is 12.7. The monoisotopic (exact) mass is 302 g/mol. The lowest BCUT2D eigenvalue weighted by Gasteiger charge is -2.24. The summed E-state index contributed by atoms with van der Waals surface area (Å²) in [4.78, 5) is 22.7. The Morgan fingerprint density at radius 2 is 2.05 bits per heavy atom. The molecule has 0 saturated carbocycles. The molecule has 1 aromatic rings. The lowest BCUT2D eigenvalue weighted by molar-refractivity contribution is -0.137. The standard InChI is InChI=1S/C13H13F3N2O3/c1-21-10-4-2-7(13(14,15)16)6-9(10)17-8-3-5-11(19)18-12(8)20/h2,4,6,8,17H,3,5H2,1H3,(H,18,19,20). The number of amides is 2. The van der Waals surface area contributed by atoms with Gasteiger partial charge in [0, 0.05) is 6.42 Å². The minimum Gasteiger partial charge on any atom is -0.495 e. The Kier molecular flexibility index (Phi) is 4.06. The van der Waals surface area contributed by atoms with Crippen LogP contribution in [-0.2, 0) is 15.8 Å². The first-order chi connectivity index (χ1) is 9.81. The normalized spacial score (nSPS) is 19.1. The van der Waals surface area contributed by atoms with E-state index in [1.807, 2.05) is 0 Å². The number of halogens is 3. The van der Waals surface area contributed by atoms with Crippen molar-refractivity contribution in [1.29, 1.82) is 0 Å². The maximum Gasteiger partial charge on any atom is 0.416 e. The van der Waals surface area contributed by atoms with Gasteiger partial charge in [-0.3, -0.25) is 14.9 Å². The number of rotatable bonds is 3. The van der Waals surface area contributed by atoms with Crippen molar-refractivity contribution in [3.8, 4) is 5.75 Å². The molecular formula is C13H13F3N2O3. The molecule has 0 radical (unpaired) electrons. The van der Waals surface area contributed by atoms with Crippen molar-refractivity contribution in [2.75, 3.05) is 12.4 Å². The number of carbonyl (C=O) groups is 2. The van der Waals surface area contributed by atoms with E-state index >= 15 is 0 Å². The summed E-state index contributed by atoms with van der Waals surface area (Å²) >= 11 is 0. The second-order valence-corrected chi connectivity index (χ2v) is 4.56. The fourth-order valence-corrected chi connectivity index (χ4v) is 2.02. The largest absolute Gasteiger partial charge is 0.495 e. The van der Waals surface area contributed by atoms with Gasteiger partial charge in [-0.25, -0.2) is 0 Å². The van der Waals surface area contributed by atoms with E-state index < -0.39 is 29.6 Å². The average Bonchev–Trinajstić information content (AvgIpc) is 2.41. The van der Waals surface area contributed by atoms with Gasteiger partial charge in [0.1, 0.15) is 11.8 Å². The predicted molar refractivity (Wildman–Crippen MR) is 67.8 cm³/mol. The Balaban J connectivity index is 2.25. The number of methoxy groups -OCH3 is 1. The van der Waals surface area contributed by atoms with Crippen LogP contribution in [0.15, 0.2) is 18.2 Å². The van der Waals surface area contributed by atoms with Crippen LogP contribution in [0.2, 0.25) is 0 Å². The molecule has 2 amide bonds. The third-order valence-corrected chi connectivity index (χ3v) is 3.10. The smallest absolute Gasteiger partial charge is 0.416 e. The van der Waals surface area contributed by atoms with E-state index in [9.17, 15) is 22.8 Å². The van der Waals surface area contributed by atoms with Crippen LogP contribution in [0.1, 0.15) is 18.4 Å². The molecule has 114 valence electrons. The molecule has 0 spiro atoms. The second-order valence-electron chi connectivity index (χ2n) is 4.56. The van der Waals surface area contributed by atoms with Gasteiger partial charge in [0.05, 0.1) is 18.4 Å². The topological polar surface area (TPSA) is 67.4 Å². The van der Waals surface area contributed by atoms with E-state index in [0.717, 1.165) is 12.1 Å². The number of nitrogens with one attached hydrogen (secondary N) is 2. The Morgan fingerprint density at radius 3 is 2.62 bits per heavy atom. The lowest BCUT2D eigenvalue weighted by atomic mass is 10.1. The Bertz CT molecular complexity index is 572. The molecule has 2 N–H and O–H groups in total. The first-order valence-electron chi connectivity index (χ1n) is 6.16. The number of piperidine rings is 1. The average molecular weight is 302 g/mol. The third-order valence-electron chi connectivity index (χ3n) is 3.10. The van der Waals surface area contributed by atoms with Gasteiger partial charge in [0.2, 0.25) is 11.8 Å². The van der Waals surface area contributed by atoms with Gasteiger partial charge in [0.15, 0.2) is 0 Å². The SMILES string of the molecule is COc1ccc(C(F)(F)F)cc1NC1CCC(=O)NC1=O. The van der Waals surface area contributed by atoms with Crippen LogP contribution in [0.4, 0.5) is 18.9 Å². The lowest BCUT2D eigenvalue weighted by Crippen LogP contribution is -2.47. The van der Waals surface area contributed by atoms with Crippen LogP contribution in [0.5, 0.6) is 5.75 Å². The van der Waals surface area contributed by atoms with E-state index in [1.165, 1.54) is 13.2 Å². The van der Waals surface area contributed by atoms with Crippen molar-refractivity contribution in [3.63, 3.8) is 0 Å². The van der Waals surface area contributed by atoms with E-state index in [0.29, 0.717) is 0 Å². The number of carbonyl (C=O) groups excluding carboxylic acids is 2. The minimum absolute atomic E-state index is 0.0572. The van der Waals surface area contributed by atoms with Crippen LogP contribution in [0, 0.1) is 0 Å². The highest BCUT2D eigenvalue weighted by Crippen LogP contribution is 2.35. The molecule has 1 atom stereocenters. The number of anilines is 1. The highest BCUT2D eigenvalue weighted by molar-refractivity contribution is 6.01. The van der Waals surface area contributed by atoms with Crippen LogP contribution in [0.25, 0.3) is 0 Å². The molecule has 1 fully saturated rings. The van der Waals surface area contributed by atoms with Crippen LogP contribution < -0.4 is 15.4 Å². The van der Waals surface area contributed by atoms with Crippen LogP contribution in [-0.4, -0.2) is 25.0 Å². The van der Waals surface area contributed by atoms with Gasteiger partial charge in [-0.05, 0) is 24.6 Å². The molecule has 0 aromatic heterocycles. The zero-order chi connectivity index (χ0) is 15.6. The molecule has 1 heterocycles. The summed E-state index contributed by atoms with van der Waals surface area (Å²) in [6.45, 7) is 0. The van der Waals surface area contributed by atoms with Crippen molar-refractivity contribution < 1.29 is 27.5 Å². The summed E-state index contributed by atoms with van der Waals surface area (Å²) in [6, 6.07) is 2.17. The highest BCUT2D eigenvalue weighted by Gasteiger charge is 2.32. The zero-order valence-corrected chi connectivity index (χ0v) is 11.1. The quantitative estimate of drug-likeness (QED) is 0.837. The number of imide groups is 1. The number of hydrogen-bond acceptors (Lipinski definition) is 4. The molecule has 21 heavy (non-hydrogen) atoms. The summed E-state index contributed by atoms with van der Waals surface area (Å²) in [5.74, 6) is -0.771. The number of hydrogen-bond donors (Lipinski definition) is 2. The summed E-state index contributed by atoms with van der Waals surface area (Å²) < 4.78 is 43.1. The van der Waals surface area contributed by atoms with Gasteiger partial charge >= 0.3 is 6.18 Å². The predicted octanol–water partition coefficient (Wildman–Crippen LogP) is 1.93. The van der Waals surface area contributed by atoms with Crippen molar-refractivity contribution in [2.45, 2.75) is 25.1 Å². The summed E-state index contributed by atoms with van der Waals surface area (Å²) in [7, 11) is 1.32. The highest BCUT2D eigenvalue weighted by atomic mass is 19.4. The molecule has 1 saturated heterocycles. The first kappa shape index (κ1) is 15.1. The summed E-state index contributed by atoms with van der Waals surface area (Å²) in [5, 5.41) is 4.82. The number of alkyl halides is 3. The van der Waals surface area contributed by atoms with Gasteiger partial charge in [-0.1, -0.05) is 0 Å². The van der Waals surface area contributed by atoms with Gasteiger partial charge in [-0.15, -0.1) is 0 Å². The molecule has 1 aliphatic rings. The van der Waals surface area contributed by atoms with Crippen LogP contribution >= 0.6 is 0 Å². The second kappa shape index (κ2) is 5.63. The Morgan fingerprint density at radius 1 is 1.33 bits per heavy atom. The van der Waals surface area contributed by atoms with Crippen molar-refractivity contribution in [1.82, 2.24) is 5.32 Å². The van der Waals surface area contributed by atoms with Gasteiger partial charge in [0.25, 0.3) is 0 Å². The fraction of sp³-hybridized carbons (Fsp3) is 0.385. The molecule has 0 bridgehead atoms. The van der Waals surface area contributed by atoms with E-state index in [2.05, 4.69) is 10.6 Å². The van der Waals surface area contributed by atoms with Gasteiger partial charge in [-0.2, -0.15) is 13.2 Å². The molecule has 1 aliphatic heterocycles. The molecule has 1 aromatic carbocycles. The molecular weight excluding hydrogens is 289 g/mol. The molecule has 5 nitrogen and oxygen atoms in total. The van der Waals surface area contributed by atoms with Crippen LogP contribution in [0.3, 0.4) is 0 Å². The number of ether oxygens (including phenoxy) is 1. The number of benzene rings is 1. The van der Waals surface area contributed by atoms with Crippen molar-refractivity contribution in [2.24, 2.45) is 0 Å². The van der Waals surface area contributed by atoms with E-state index in [-0.39, 0.29) is 24.3 Å². The minimum atomic E-state index is -4.49. The Hall–Kier alpha value is -2.25. The van der Waals surface area contributed by atoms with Gasteiger partial charge < -0.3 is 10.1 Å². The molecule has 2 rings (SSSR count). The van der Waals surface area contributed by atoms with E-state index in [4.69, 9.17) is 4.74 Å². The fourth-order valence-electron chi connectivity index (χ4n) is 2.02. The summed E-state index contributed by atoms with van der Waals surface area (Å²) in [5.41, 5.74) is -0.792. The summed E-state index contributed by atoms with van der Waals surface area (Å²) in [6.07, 6.45) is -4.15. The maximum absolute atomic E-state index is 12.7. The first-order valence-corrected chi connectivity index (χ1v) is 6.16. The molecule has 8 heteroatoms. The molecule has 0 aliphatic carbocycles. The Labute approximate surface area is 118 Å². The van der Waals surface area contributed by atoms with E-state index in [1.54, 1.807) is 0 Å². The molecule has 1 unspecified atom stereocenters. The zero-order valence-electron chi connectivity index (χ0n) is 11.1.